The zero-order chi connectivity index (χ0) is 17.8. The molecule has 1 rings (SSSR count). The maximum Gasteiger partial charge on any atom is 0.248 e. The second kappa shape index (κ2) is 11.2. The monoisotopic (exact) mass is 311 g/mol. The Morgan fingerprint density at radius 1 is 1.09 bits per heavy atom. The molecule has 7 nitrogen and oxygen atoms in total. The lowest BCUT2D eigenvalue weighted by molar-refractivity contribution is -0.445. The van der Waals surface area contributed by atoms with Crippen molar-refractivity contribution in [3.8, 4) is 0 Å². The minimum Gasteiger partial charge on any atom is -0.274 e. The molecule has 22 heavy (non-hydrogen) atoms. The highest BCUT2D eigenvalue weighted by atomic mass is 16.6. The highest BCUT2D eigenvalue weighted by Gasteiger charge is 2.29. The third-order valence-electron chi connectivity index (χ3n) is 2.42. The van der Waals surface area contributed by atoms with E-state index in [1.165, 1.54) is 6.92 Å². The molecule has 0 bridgehead atoms. The number of nitrogens with one attached hydrogen (secondary N) is 2. The molecule has 2 N–H and O–H groups in total. The maximum absolute atomic E-state index is 11.8. The lowest BCUT2D eigenvalue weighted by atomic mass is 9.84. The lowest BCUT2D eigenvalue weighted by Crippen LogP contribution is -2.48. The number of hydrogen-bond acceptors (Lipinski definition) is 4. The summed E-state index contributed by atoms with van der Waals surface area (Å²) in [7, 11) is 0.889. The third-order valence-corrected chi connectivity index (χ3v) is 2.42. The van der Waals surface area contributed by atoms with Crippen LogP contribution in [0.25, 0.3) is 0 Å². The molecule has 0 aliphatic carbocycles. The fourth-order valence-corrected chi connectivity index (χ4v) is 1.29. The molecular formula is C15H25N3O4. The number of rotatable bonds is 2. The number of nitro groups is 1. The molecule has 0 aromatic heterocycles. The molecule has 1 aromatic rings. The van der Waals surface area contributed by atoms with Crippen molar-refractivity contribution in [2.75, 3.05) is 7.05 Å². The minimum atomic E-state index is -0.677. The number of benzene rings is 1. The molecule has 7 heteroatoms. The standard InChI is InChI=1S/C12H16N2O2.C2H6.CH3NO2/c1-9(15)13-14-11(16)12(2,3)10-7-5-4-6-8-10;1-2;1-2(3)4/h4-8H,1-3H3,(H,13,15)(H,14,16);1-2H3;1H3. The SMILES string of the molecule is CC.CC(=O)NNC(=O)C(C)(C)c1ccccc1.C[N+](=O)[O-]. The van der Waals surface area contributed by atoms with Crippen LogP contribution >= 0.6 is 0 Å². The summed E-state index contributed by atoms with van der Waals surface area (Å²) in [6.45, 7) is 8.95. The van der Waals surface area contributed by atoms with Crippen molar-refractivity contribution in [3.05, 3.63) is 46.0 Å². The number of carbonyl (C=O) groups excluding carboxylic acids is 2. The summed E-state index contributed by atoms with van der Waals surface area (Å²) in [5.74, 6) is -0.536. The van der Waals surface area contributed by atoms with Crippen molar-refractivity contribution in [1.29, 1.82) is 0 Å². The van der Waals surface area contributed by atoms with E-state index in [1.807, 2.05) is 44.2 Å². The smallest absolute Gasteiger partial charge is 0.248 e. The Labute approximate surface area is 131 Å². The van der Waals surface area contributed by atoms with Crippen molar-refractivity contribution < 1.29 is 14.5 Å². The van der Waals surface area contributed by atoms with Crippen LogP contribution in [0.1, 0.15) is 40.2 Å². The Morgan fingerprint density at radius 2 is 1.50 bits per heavy atom. The fraction of sp³-hybridized carbons (Fsp3) is 0.467. The Kier molecular flexibility index (Phi) is 11.2. The van der Waals surface area contributed by atoms with Crippen molar-refractivity contribution in [3.63, 3.8) is 0 Å². The highest BCUT2D eigenvalue weighted by Crippen LogP contribution is 2.22. The van der Waals surface area contributed by atoms with Gasteiger partial charge in [0.05, 0.1) is 5.41 Å². The molecule has 124 valence electrons. The van der Waals surface area contributed by atoms with Gasteiger partial charge in [-0.1, -0.05) is 44.2 Å². The van der Waals surface area contributed by atoms with Crippen LogP contribution < -0.4 is 10.9 Å². The molecule has 2 amide bonds. The van der Waals surface area contributed by atoms with Crippen LogP contribution in [0, 0.1) is 10.1 Å². The summed E-state index contributed by atoms with van der Waals surface area (Å²) in [5.41, 5.74) is 4.89. The predicted molar refractivity (Wildman–Crippen MR) is 85.7 cm³/mol. The van der Waals surface area contributed by atoms with Gasteiger partial charge in [-0.3, -0.25) is 30.6 Å². The van der Waals surface area contributed by atoms with E-state index in [2.05, 4.69) is 10.9 Å². The maximum atomic E-state index is 11.8. The van der Waals surface area contributed by atoms with Crippen molar-refractivity contribution >= 4 is 11.8 Å². The second-order valence-electron chi connectivity index (χ2n) is 4.57. The van der Waals surface area contributed by atoms with Gasteiger partial charge in [0.2, 0.25) is 11.8 Å². The molecule has 1 aromatic carbocycles. The topological polar surface area (TPSA) is 101 Å². The molecule has 0 saturated carbocycles. The fourth-order valence-electron chi connectivity index (χ4n) is 1.29. The molecule has 0 radical (unpaired) electrons. The third kappa shape index (κ3) is 9.46. The number of amides is 2. The average molecular weight is 311 g/mol. The molecular weight excluding hydrogens is 286 g/mol. The van der Waals surface area contributed by atoms with Crippen LogP contribution in [-0.2, 0) is 15.0 Å². The molecule has 0 spiro atoms. The van der Waals surface area contributed by atoms with Crippen LogP contribution in [0.4, 0.5) is 0 Å². The summed E-state index contributed by atoms with van der Waals surface area (Å²) in [4.78, 5) is 30.8. The average Bonchev–Trinajstić information content (AvgIpc) is 2.47. The molecule has 0 aliphatic rings. The van der Waals surface area contributed by atoms with E-state index in [-0.39, 0.29) is 11.8 Å². The van der Waals surface area contributed by atoms with Gasteiger partial charge < -0.3 is 0 Å². The summed E-state index contributed by atoms with van der Waals surface area (Å²) in [6, 6.07) is 9.41. The van der Waals surface area contributed by atoms with E-state index in [4.69, 9.17) is 10.1 Å². The highest BCUT2D eigenvalue weighted by molar-refractivity contribution is 5.88. The molecule has 0 aliphatic heterocycles. The summed E-state index contributed by atoms with van der Waals surface area (Å²) in [6.07, 6.45) is 0. The first kappa shape index (κ1) is 21.9. The summed E-state index contributed by atoms with van der Waals surface area (Å²) in [5, 5.41) is 8.81. The van der Waals surface area contributed by atoms with Gasteiger partial charge in [0.25, 0.3) is 0 Å². The van der Waals surface area contributed by atoms with E-state index < -0.39 is 10.3 Å². The van der Waals surface area contributed by atoms with Crippen molar-refractivity contribution in [1.82, 2.24) is 10.9 Å². The van der Waals surface area contributed by atoms with E-state index in [9.17, 15) is 9.59 Å². The molecule has 0 fully saturated rings. The van der Waals surface area contributed by atoms with Gasteiger partial charge >= 0.3 is 0 Å². The largest absolute Gasteiger partial charge is 0.274 e. The zero-order valence-electron chi connectivity index (χ0n) is 14.0. The van der Waals surface area contributed by atoms with Gasteiger partial charge in [0.15, 0.2) is 7.05 Å². The Hall–Kier alpha value is -2.44. The van der Waals surface area contributed by atoms with Gasteiger partial charge in [-0.25, -0.2) is 0 Å². The van der Waals surface area contributed by atoms with Crippen LogP contribution in [0.3, 0.4) is 0 Å². The Bertz CT molecular complexity index is 469. The van der Waals surface area contributed by atoms with Gasteiger partial charge in [0, 0.05) is 11.8 Å². The summed E-state index contributed by atoms with van der Waals surface area (Å²) < 4.78 is 0. The number of hydrazine groups is 1. The van der Waals surface area contributed by atoms with E-state index in [0.717, 1.165) is 12.6 Å². The first-order valence-corrected chi connectivity index (χ1v) is 6.88. The minimum absolute atomic E-state index is 0.242. The molecule has 0 unspecified atom stereocenters. The Balaban J connectivity index is 0. The molecule has 0 heterocycles. The second-order valence-corrected chi connectivity index (χ2v) is 4.57. The van der Waals surface area contributed by atoms with Gasteiger partial charge in [-0.15, -0.1) is 0 Å². The number of carbonyl (C=O) groups is 2. The first-order valence-electron chi connectivity index (χ1n) is 6.88. The van der Waals surface area contributed by atoms with Gasteiger partial charge in [0.1, 0.15) is 0 Å². The van der Waals surface area contributed by atoms with E-state index >= 15 is 0 Å². The van der Waals surface area contributed by atoms with E-state index in [0.29, 0.717) is 0 Å². The summed E-state index contributed by atoms with van der Waals surface area (Å²) >= 11 is 0. The normalized spacial score (nSPS) is 9.18. The van der Waals surface area contributed by atoms with Crippen LogP contribution in [0.5, 0.6) is 0 Å². The number of hydrogen-bond donors (Lipinski definition) is 2. The van der Waals surface area contributed by atoms with Crippen molar-refractivity contribution in [2.24, 2.45) is 0 Å². The van der Waals surface area contributed by atoms with Crippen LogP contribution in [0.2, 0.25) is 0 Å². The molecule has 0 atom stereocenters. The first-order chi connectivity index (χ1) is 10.2. The van der Waals surface area contributed by atoms with Crippen LogP contribution in [0.15, 0.2) is 30.3 Å². The molecule has 0 saturated heterocycles. The zero-order valence-corrected chi connectivity index (χ0v) is 14.0. The van der Waals surface area contributed by atoms with Crippen molar-refractivity contribution in [2.45, 2.75) is 40.0 Å². The quantitative estimate of drug-likeness (QED) is 0.644. The van der Waals surface area contributed by atoms with Gasteiger partial charge in [-0.2, -0.15) is 0 Å². The Morgan fingerprint density at radius 3 is 1.86 bits per heavy atom. The van der Waals surface area contributed by atoms with E-state index in [1.54, 1.807) is 13.8 Å². The predicted octanol–water partition coefficient (Wildman–Crippen LogP) is 2.05. The number of nitrogens with zero attached hydrogens (tertiary/aromatic N) is 1. The van der Waals surface area contributed by atoms with Crippen LogP contribution in [-0.4, -0.2) is 23.8 Å². The lowest BCUT2D eigenvalue weighted by Gasteiger charge is -2.23. The van der Waals surface area contributed by atoms with Gasteiger partial charge in [-0.05, 0) is 19.4 Å².